The third-order valence-electron chi connectivity index (χ3n) is 1.48. The minimum absolute atomic E-state index is 0.901. The van der Waals surface area contributed by atoms with Crippen molar-refractivity contribution in [1.82, 2.24) is 20.5 Å². The van der Waals surface area contributed by atoms with Crippen molar-refractivity contribution in [3.63, 3.8) is 0 Å². The maximum atomic E-state index is 4.03. The number of hydrogen-bond donors (Lipinski definition) is 2. The van der Waals surface area contributed by atoms with Crippen LogP contribution in [0.15, 0.2) is 17.2 Å². The van der Waals surface area contributed by atoms with Crippen LogP contribution in [0.25, 0.3) is 0 Å². The molecule has 0 saturated carbocycles. The molecule has 58 valence electrons. The first-order valence-corrected chi connectivity index (χ1v) is 4.24. The zero-order chi connectivity index (χ0) is 7.52. The summed E-state index contributed by atoms with van der Waals surface area (Å²) < 4.78 is 0. The Labute approximate surface area is 68.9 Å². The van der Waals surface area contributed by atoms with Crippen molar-refractivity contribution in [3.8, 4) is 0 Å². The lowest BCUT2D eigenvalue weighted by Gasteiger charge is -1.98. The summed E-state index contributed by atoms with van der Waals surface area (Å²) in [5.74, 6) is 0. The zero-order valence-corrected chi connectivity index (χ0v) is 6.69. The molecule has 5 heteroatoms. The molecule has 0 radical (unpaired) electrons. The molecule has 0 spiro atoms. The van der Waals surface area contributed by atoms with E-state index < -0.39 is 0 Å². The van der Waals surface area contributed by atoms with Crippen molar-refractivity contribution in [2.75, 3.05) is 6.54 Å². The number of aromatic nitrogens is 2. The molecule has 0 saturated heterocycles. The quantitative estimate of drug-likeness (QED) is 0.539. The lowest BCUT2D eigenvalue weighted by Crippen LogP contribution is -2.25. The Morgan fingerprint density at radius 1 is 1.55 bits per heavy atom. The van der Waals surface area contributed by atoms with E-state index in [1.54, 1.807) is 18.1 Å². The smallest absolute Gasteiger partial charge is 0.0793 e. The van der Waals surface area contributed by atoms with Crippen molar-refractivity contribution in [2.24, 2.45) is 0 Å². The van der Waals surface area contributed by atoms with Crippen molar-refractivity contribution in [1.29, 1.82) is 0 Å². The van der Waals surface area contributed by atoms with Crippen LogP contribution in [-0.2, 0) is 6.42 Å². The lowest BCUT2D eigenvalue weighted by molar-refractivity contribution is 0.675. The molecule has 2 heterocycles. The van der Waals surface area contributed by atoms with E-state index in [0.717, 1.165) is 23.6 Å². The number of hydrazine groups is 1. The highest BCUT2D eigenvalue weighted by atomic mass is 32.2. The first-order chi connectivity index (χ1) is 5.47. The Hall–Kier alpha value is -0.650. The number of nitrogens with zero attached hydrogens (tertiary/aromatic N) is 2. The number of fused-ring (bicyclic) bond motifs is 1. The van der Waals surface area contributed by atoms with E-state index in [9.17, 15) is 0 Å². The summed E-state index contributed by atoms with van der Waals surface area (Å²) in [5, 5.41) is 7.85. The summed E-state index contributed by atoms with van der Waals surface area (Å²) in [6.07, 6.45) is 2.64. The first kappa shape index (κ1) is 7.02. The van der Waals surface area contributed by atoms with Gasteiger partial charge in [-0.25, -0.2) is 5.43 Å². The fraction of sp³-hybridized carbons (Fsp3) is 0.333. The van der Waals surface area contributed by atoms with E-state index in [1.165, 1.54) is 0 Å². The van der Waals surface area contributed by atoms with Crippen molar-refractivity contribution < 1.29 is 0 Å². The van der Waals surface area contributed by atoms with Gasteiger partial charge >= 0.3 is 0 Å². The van der Waals surface area contributed by atoms with Crippen LogP contribution in [0.1, 0.15) is 5.69 Å². The van der Waals surface area contributed by atoms with E-state index >= 15 is 0 Å². The second-order valence-corrected chi connectivity index (χ2v) is 3.07. The van der Waals surface area contributed by atoms with E-state index in [-0.39, 0.29) is 0 Å². The van der Waals surface area contributed by atoms with Crippen LogP contribution in [0.2, 0.25) is 0 Å². The monoisotopic (exact) mass is 168 g/mol. The Balaban J connectivity index is 2.33. The molecule has 0 amide bonds. The van der Waals surface area contributed by atoms with Gasteiger partial charge in [0, 0.05) is 17.9 Å². The molecule has 1 aliphatic rings. The zero-order valence-electron chi connectivity index (χ0n) is 5.87. The number of nitrogens with one attached hydrogen (secondary N) is 2. The van der Waals surface area contributed by atoms with Crippen molar-refractivity contribution in [3.05, 3.63) is 18.0 Å². The molecule has 2 rings (SSSR count). The van der Waals surface area contributed by atoms with Crippen LogP contribution < -0.4 is 10.3 Å². The Morgan fingerprint density at radius 2 is 2.55 bits per heavy atom. The fourth-order valence-corrected chi connectivity index (χ4v) is 1.61. The van der Waals surface area contributed by atoms with Gasteiger partial charge in [0.15, 0.2) is 0 Å². The second-order valence-electron chi connectivity index (χ2n) is 2.22. The average molecular weight is 168 g/mol. The van der Waals surface area contributed by atoms with Gasteiger partial charge in [-0.15, -0.1) is 0 Å². The largest absolute Gasteiger partial charge is 0.247 e. The molecule has 4 nitrogen and oxygen atoms in total. The molecule has 0 fully saturated rings. The molecule has 1 aromatic heterocycles. The van der Waals surface area contributed by atoms with E-state index in [2.05, 4.69) is 20.5 Å². The summed E-state index contributed by atoms with van der Waals surface area (Å²) in [4.78, 5) is 4.16. The van der Waals surface area contributed by atoms with Gasteiger partial charge < -0.3 is 0 Å². The van der Waals surface area contributed by atoms with Crippen LogP contribution in [-0.4, -0.2) is 16.7 Å². The van der Waals surface area contributed by atoms with Crippen LogP contribution in [0, 0.1) is 0 Å². The maximum absolute atomic E-state index is 4.03. The van der Waals surface area contributed by atoms with Crippen LogP contribution in [0.5, 0.6) is 0 Å². The van der Waals surface area contributed by atoms with Crippen molar-refractivity contribution >= 4 is 11.9 Å². The van der Waals surface area contributed by atoms with E-state index in [1.807, 2.05) is 6.07 Å². The van der Waals surface area contributed by atoms with Crippen molar-refractivity contribution in [2.45, 2.75) is 11.3 Å². The van der Waals surface area contributed by atoms with Crippen LogP contribution >= 0.6 is 11.9 Å². The molecule has 0 bridgehead atoms. The van der Waals surface area contributed by atoms with Gasteiger partial charge in [0.05, 0.1) is 11.9 Å². The highest BCUT2D eigenvalue weighted by Gasteiger charge is 2.07. The van der Waals surface area contributed by atoms with Crippen LogP contribution in [0.4, 0.5) is 0 Å². The standard InChI is InChI=1S/C6H8N4S/c1-3-8-10-11-6-2-4-7-9-5(1)6/h2,4,8,10H,1,3H2. The fourth-order valence-electron chi connectivity index (χ4n) is 0.939. The van der Waals surface area contributed by atoms with Gasteiger partial charge in [0.25, 0.3) is 0 Å². The van der Waals surface area contributed by atoms with E-state index in [4.69, 9.17) is 0 Å². The maximum Gasteiger partial charge on any atom is 0.0793 e. The molecule has 1 aliphatic heterocycles. The molecule has 0 aliphatic carbocycles. The van der Waals surface area contributed by atoms with E-state index in [0.29, 0.717) is 0 Å². The molecule has 1 aromatic rings. The Morgan fingerprint density at radius 3 is 3.55 bits per heavy atom. The van der Waals surface area contributed by atoms with Gasteiger partial charge in [-0.3, -0.25) is 0 Å². The van der Waals surface area contributed by atoms with Gasteiger partial charge in [-0.1, -0.05) is 0 Å². The summed E-state index contributed by atoms with van der Waals surface area (Å²) in [6.45, 7) is 0.901. The topological polar surface area (TPSA) is 49.8 Å². The Bertz CT molecular complexity index is 227. The predicted octanol–water partition coefficient (Wildman–Crippen LogP) is 0.134. The number of hydrogen-bond acceptors (Lipinski definition) is 5. The van der Waals surface area contributed by atoms with Gasteiger partial charge in [0.2, 0.25) is 0 Å². The molecular formula is C6H8N4S. The summed E-state index contributed by atoms with van der Waals surface area (Å²) in [7, 11) is 0. The number of rotatable bonds is 0. The molecule has 2 N–H and O–H groups in total. The van der Waals surface area contributed by atoms with Gasteiger partial charge in [-0.2, -0.15) is 15.0 Å². The second kappa shape index (κ2) is 3.17. The van der Waals surface area contributed by atoms with Gasteiger partial charge in [0.1, 0.15) is 0 Å². The van der Waals surface area contributed by atoms with Gasteiger partial charge in [-0.05, 0) is 18.0 Å². The minimum Gasteiger partial charge on any atom is -0.247 e. The lowest BCUT2D eigenvalue weighted by atomic mass is 10.3. The summed E-state index contributed by atoms with van der Waals surface area (Å²) >= 11 is 1.55. The average Bonchev–Trinajstić information content (AvgIpc) is 2.28. The third kappa shape index (κ3) is 1.50. The van der Waals surface area contributed by atoms with Crippen LogP contribution in [0.3, 0.4) is 0 Å². The Kier molecular flexibility index (Phi) is 2.02. The molecule has 0 unspecified atom stereocenters. The molecular weight excluding hydrogens is 160 g/mol. The normalized spacial score (nSPS) is 17.1. The predicted molar refractivity (Wildman–Crippen MR) is 42.7 cm³/mol. The molecule has 0 atom stereocenters. The minimum atomic E-state index is 0.901. The first-order valence-electron chi connectivity index (χ1n) is 3.42. The summed E-state index contributed by atoms with van der Waals surface area (Å²) in [6, 6.07) is 1.97. The highest BCUT2D eigenvalue weighted by Crippen LogP contribution is 2.18. The summed E-state index contributed by atoms with van der Waals surface area (Å²) in [5.41, 5.74) is 4.10. The SMILES string of the molecule is c1cc2c(nn1)CCNNS2. The molecule has 11 heavy (non-hydrogen) atoms. The third-order valence-corrected chi connectivity index (χ3v) is 2.31. The highest BCUT2D eigenvalue weighted by molar-refractivity contribution is 7.97. The molecule has 0 aromatic carbocycles.